The Bertz CT molecular complexity index is 782. The van der Waals surface area contributed by atoms with Crippen molar-refractivity contribution in [1.29, 1.82) is 0 Å². The second-order valence-electron chi connectivity index (χ2n) is 4.32. The first-order chi connectivity index (χ1) is 10.5. The van der Waals surface area contributed by atoms with Gasteiger partial charge in [-0.05, 0) is 31.2 Å². The maximum absolute atomic E-state index is 12.3. The standard InChI is InChI=1S/C14H16N2O4S2/c1-10-4-6-12(21-10)9-15-16-22(17,18)14-8-11(19-2)5-7-13(14)20-3/h4-9,16H,1-3H3/b15-9+. The smallest absolute Gasteiger partial charge is 0.280 e. The zero-order chi connectivity index (χ0) is 16.2. The molecule has 0 fully saturated rings. The lowest BCUT2D eigenvalue weighted by atomic mass is 10.3. The van der Waals surface area contributed by atoms with Crippen LogP contribution in [0.1, 0.15) is 9.75 Å². The number of hydrazone groups is 1. The van der Waals surface area contributed by atoms with Crippen molar-refractivity contribution in [3.63, 3.8) is 0 Å². The molecule has 0 bridgehead atoms. The summed E-state index contributed by atoms with van der Waals surface area (Å²) >= 11 is 1.52. The van der Waals surface area contributed by atoms with E-state index >= 15 is 0 Å². The highest BCUT2D eigenvalue weighted by Crippen LogP contribution is 2.27. The number of methoxy groups -OCH3 is 2. The summed E-state index contributed by atoms with van der Waals surface area (Å²) in [6, 6.07) is 8.33. The van der Waals surface area contributed by atoms with Crippen molar-refractivity contribution in [3.8, 4) is 11.5 Å². The third kappa shape index (κ3) is 3.77. The summed E-state index contributed by atoms with van der Waals surface area (Å²) < 4.78 is 34.8. The van der Waals surface area contributed by atoms with E-state index in [4.69, 9.17) is 9.47 Å². The zero-order valence-corrected chi connectivity index (χ0v) is 14.0. The molecule has 0 aliphatic carbocycles. The Morgan fingerprint density at radius 1 is 1.18 bits per heavy atom. The Morgan fingerprint density at radius 2 is 1.95 bits per heavy atom. The van der Waals surface area contributed by atoms with Crippen LogP contribution in [-0.4, -0.2) is 28.9 Å². The maximum atomic E-state index is 12.3. The molecule has 1 heterocycles. The van der Waals surface area contributed by atoms with Crippen LogP contribution in [0.4, 0.5) is 0 Å². The molecular weight excluding hydrogens is 324 g/mol. The van der Waals surface area contributed by atoms with Crippen molar-refractivity contribution in [3.05, 3.63) is 40.1 Å². The first kappa shape index (κ1) is 16.3. The summed E-state index contributed by atoms with van der Waals surface area (Å²) in [5.74, 6) is 0.634. The van der Waals surface area contributed by atoms with Crippen molar-refractivity contribution in [2.45, 2.75) is 11.8 Å². The Labute approximate surface area is 133 Å². The van der Waals surface area contributed by atoms with Crippen LogP contribution in [0.25, 0.3) is 0 Å². The van der Waals surface area contributed by atoms with Crippen LogP contribution in [0.15, 0.2) is 40.3 Å². The van der Waals surface area contributed by atoms with E-state index in [-0.39, 0.29) is 10.6 Å². The van der Waals surface area contributed by atoms with Crippen LogP contribution in [0.2, 0.25) is 0 Å². The lowest BCUT2D eigenvalue weighted by Gasteiger charge is -2.10. The molecule has 22 heavy (non-hydrogen) atoms. The van der Waals surface area contributed by atoms with E-state index < -0.39 is 10.0 Å². The Kier molecular flexibility index (Phi) is 5.04. The van der Waals surface area contributed by atoms with Gasteiger partial charge in [0.25, 0.3) is 10.0 Å². The molecule has 0 spiro atoms. The topological polar surface area (TPSA) is 77.0 Å². The number of thiophene rings is 1. The van der Waals surface area contributed by atoms with Gasteiger partial charge < -0.3 is 9.47 Å². The Hall–Kier alpha value is -2.06. The fraction of sp³-hybridized carbons (Fsp3) is 0.214. The van der Waals surface area contributed by atoms with Crippen LogP contribution >= 0.6 is 11.3 Å². The van der Waals surface area contributed by atoms with Gasteiger partial charge in [-0.2, -0.15) is 18.4 Å². The number of ether oxygens (including phenoxy) is 2. The first-order valence-corrected chi connectivity index (χ1v) is 8.59. The molecule has 2 rings (SSSR count). The summed E-state index contributed by atoms with van der Waals surface area (Å²) in [6.07, 6.45) is 1.46. The molecule has 0 radical (unpaired) electrons. The van der Waals surface area contributed by atoms with E-state index in [2.05, 4.69) is 9.93 Å². The second-order valence-corrected chi connectivity index (χ2v) is 7.27. The van der Waals surface area contributed by atoms with Gasteiger partial charge in [0.1, 0.15) is 16.4 Å². The molecule has 0 saturated carbocycles. The molecule has 118 valence electrons. The van der Waals surface area contributed by atoms with Crippen molar-refractivity contribution in [1.82, 2.24) is 4.83 Å². The fourth-order valence-corrected chi connectivity index (χ4v) is 3.45. The minimum Gasteiger partial charge on any atom is -0.497 e. The number of sulfonamides is 1. The van der Waals surface area contributed by atoms with E-state index in [0.717, 1.165) is 9.75 Å². The fourth-order valence-electron chi connectivity index (χ4n) is 1.73. The SMILES string of the molecule is COc1ccc(OC)c(S(=O)(=O)N/N=C/c2ccc(C)s2)c1. The first-order valence-electron chi connectivity index (χ1n) is 6.29. The molecule has 0 saturated heterocycles. The molecule has 2 aromatic rings. The molecule has 1 aromatic heterocycles. The number of benzene rings is 1. The highest BCUT2D eigenvalue weighted by molar-refractivity contribution is 7.89. The normalized spacial score (nSPS) is 11.6. The monoisotopic (exact) mass is 340 g/mol. The number of nitrogens with one attached hydrogen (secondary N) is 1. The number of hydrogen-bond donors (Lipinski definition) is 1. The van der Waals surface area contributed by atoms with Crippen molar-refractivity contribution < 1.29 is 17.9 Å². The Balaban J connectivity index is 2.24. The third-order valence-electron chi connectivity index (χ3n) is 2.79. The number of rotatable bonds is 6. The van der Waals surface area contributed by atoms with Gasteiger partial charge in [0, 0.05) is 15.8 Å². The quantitative estimate of drug-likeness (QED) is 0.647. The lowest BCUT2D eigenvalue weighted by Crippen LogP contribution is -2.19. The van der Waals surface area contributed by atoms with Gasteiger partial charge in [0.05, 0.1) is 20.4 Å². The molecule has 0 unspecified atom stereocenters. The van der Waals surface area contributed by atoms with Gasteiger partial charge >= 0.3 is 0 Å². The van der Waals surface area contributed by atoms with Crippen molar-refractivity contribution in [2.24, 2.45) is 5.10 Å². The van der Waals surface area contributed by atoms with Gasteiger partial charge in [-0.1, -0.05) is 0 Å². The number of hydrogen-bond acceptors (Lipinski definition) is 6. The summed E-state index contributed by atoms with van der Waals surface area (Å²) in [5, 5.41) is 3.78. The van der Waals surface area contributed by atoms with Crippen LogP contribution < -0.4 is 14.3 Å². The average Bonchev–Trinajstić information content (AvgIpc) is 2.91. The maximum Gasteiger partial charge on any atom is 0.280 e. The molecule has 1 N–H and O–H groups in total. The van der Waals surface area contributed by atoms with Gasteiger partial charge in [-0.15, -0.1) is 11.3 Å². The van der Waals surface area contributed by atoms with Crippen LogP contribution in [0.5, 0.6) is 11.5 Å². The van der Waals surface area contributed by atoms with Crippen molar-refractivity contribution in [2.75, 3.05) is 14.2 Å². The predicted molar refractivity (Wildman–Crippen MR) is 86.5 cm³/mol. The highest BCUT2D eigenvalue weighted by Gasteiger charge is 2.19. The van der Waals surface area contributed by atoms with Gasteiger partial charge in [0.2, 0.25) is 0 Å². The van der Waals surface area contributed by atoms with Crippen molar-refractivity contribution >= 4 is 27.6 Å². The predicted octanol–water partition coefficient (Wildman–Crippen LogP) is 2.39. The van der Waals surface area contributed by atoms with E-state index in [0.29, 0.717) is 5.75 Å². The van der Waals surface area contributed by atoms with E-state index in [9.17, 15) is 8.42 Å². The molecule has 8 heteroatoms. The zero-order valence-electron chi connectivity index (χ0n) is 12.4. The van der Waals surface area contributed by atoms with Crippen LogP contribution in [-0.2, 0) is 10.0 Å². The minimum absolute atomic E-state index is 0.0335. The van der Waals surface area contributed by atoms with E-state index in [1.165, 1.54) is 43.9 Å². The molecule has 0 amide bonds. The van der Waals surface area contributed by atoms with Crippen LogP contribution in [0, 0.1) is 6.92 Å². The molecule has 6 nitrogen and oxygen atoms in total. The molecule has 0 atom stereocenters. The average molecular weight is 340 g/mol. The summed E-state index contributed by atoms with van der Waals surface area (Å²) in [7, 11) is -0.985. The molecule has 1 aromatic carbocycles. The summed E-state index contributed by atoms with van der Waals surface area (Å²) in [4.78, 5) is 4.12. The van der Waals surface area contributed by atoms with Gasteiger partial charge in [-0.25, -0.2) is 0 Å². The highest BCUT2D eigenvalue weighted by atomic mass is 32.2. The van der Waals surface area contributed by atoms with Gasteiger partial charge in [0.15, 0.2) is 0 Å². The lowest BCUT2D eigenvalue weighted by molar-refractivity contribution is 0.392. The van der Waals surface area contributed by atoms with Gasteiger partial charge in [-0.3, -0.25) is 0 Å². The minimum atomic E-state index is -3.85. The molecule has 0 aliphatic rings. The molecule has 0 aliphatic heterocycles. The number of aryl methyl sites for hydroxylation is 1. The van der Waals surface area contributed by atoms with E-state index in [1.807, 2.05) is 19.1 Å². The number of nitrogens with zero attached hydrogens (tertiary/aromatic N) is 1. The molecular formula is C14H16N2O4S2. The Morgan fingerprint density at radius 3 is 2.55 bits per heavy atom. The third-order valence-corrected chi connectivity index (χ3v) is 4.97. The second kappa shape index (κ2) is 6.80. The van der Waals surface area contributed by atoms with E-state index in [1.54, 1.807) is 6.07 Å². The summed E-state index contributed by atoms with van der Waals surface area (Å²) in [5.41, 5.74) is 0. The largest absolute Gasteiger partial charge is 0.497 e. The van der Waals surface area contributed by atoms with Crippen LogP contribution in [0.3, 0.4) is 0 Å². The summed E-state index contributed by atoms with van der Waals surface area (Å²) in [6.45, 7) is 1.97.